The number of piperidine rings is 1. The third-order valence-corrected chi connectivity index (χ3v) is 4.91. The Balaban J connectivity index is 2.26. The van der Waals surface area contributed by atoms with Crippen LogP contribution >= 0.6 is 0 Å². The van der Waals surface area contributed by atoms with E-state index in [4.69, 9.17) is 0 Å². The molecule has 0 spiro atoms. The smallest absolute Gasteiger partial charge is 0.00940 e. The monoisotopic (exact) mass is 296 g/mol. The van der Waals surface area contributed by atoms with E-state index in [9.17, 15) is 0 Å². The Hall–Kier alpha value is -0.0800. The van der Waals surface area contributed by atoms with Crippen LogP contribution in [0.5, 0.6) is 0 Å². The minimum Gasteiger partial charge on any atom is -0.311 e. The SMILES string of the molecule is CCCCCC(CCCCC)NC1CCN(CCC)CC1. The molecule has 0 aliphatic carbocycles. The number of hydrogen-bond acceptors (Lipinski definition) is 2. The second-order valence-electron chi connectivity index (χ2n) is 6.97. The first-order valence-corrected chi connectivity index (χ1v) is 9.78. The zero-order chi connectivity index (χ0) is 15.3. The average Bonchev–Trinajstić information content (AvgIpc) is 2.50. The molecule has 1 heterocycles. The number of likely N-dealkylation sites (tertiary alicyclic amines) is 1. The molecule has 1 saturated heterocycles. The topological polar surface area (TPSA) is 15.3 Å². The van der Waals surface area contributed by atoms with Crippen LogP contribution < -0.4 is 5.32 Å². The standard InChI is InChI=1S/C19H40N2/c1-4-7-9-11-18(12-10-8-5-2)20-19-13-16-21(15-6-3)17-14-19/h18-20H,4-17H2,1-3H3. The van der Waals surface area contributed by atoms with E-state index >= 15 is 0 Å². The van der Waals surface area contributed by atoms with Crippen LogP contribution in [-0.4, -0.2) is 36.6 Å². The van der Waals surface area contributed by atoms with Crippen molar-refractivity contribution in [2.24, 2.45) is 0 Å². The fourth-order valence-corrected chi connectivity index (χ4v) is 3.57. The van der Waals surface area contributed by atoms with Gasteiger partial charge in [0.05, 0.1) is 0 Å². The average molecular weight is 297 g/mol. The summed E-state index contributed by atoms with van der Waals surface area (Å²) >= 11 is 0. The first kappa shape index (κ1) is 19.0. The highest BCUT2D eigenvalue weighted by atomic mass is 15.1. The largest absolute Gasteiger partial charge is 0.311 e. The highest BCUT2D eigenvalue weighted by molar-refractivity contribution is 4.80. The molecule has 0 unspecified atom stereocenters. The van der Waals surface area contributed by atoms with Gasteiger partial charge in [0.1, 0.15) is 0 Å². The van der Waals surface area contributed by atoms with Crippen molar-refractivity contribution < 1.29 is 0 Å². The quantitative estimate of drug-likeness (QED) is 0.511. The third-order valence-electron chi connectivity index (χ3n) is 4.91. The van der Waals surface area contributed by atoms with E-state index in [1.54, 1.807) is 0 Å². The van der Waals surface area contributed by atoms with Crippen molar-refractivity contribution in [1.82, 2.24) is 10.2 Å². The van der Waals surface area contributed by atoms with E-state index in [2.05, 4.69) is 31.0 Å². The van der Waals surface area contributed by atoms with Crippen molar-refractivity contribution in [1.29, 1.82) is 0 Å². The van der Waals surface area contributed by atoms with Crippen LogP contribution in [0.3, 0.4) is 0 Å². The minimum atomic E-state index is 0.783. The summed E-state index contributed by atoms with van der Waals surface area (Å²) in [4.78, 5) is 2.64. The molecular formula is C19H40N2. The molecule has 0 saturated carbocycles. The molecule has 1 N–H and O–H groups in total. The fourth-order valence-electron chi connectivity index (χ4n) is 3.57. The van der Waals surface area contributed by atoms with Gasteiger partial charge in [-0.2, -0.15) is 0 Å². The molecule has 0 atom stereocenters. The van der Waals surface area contributed by atoms with Gasteiger partial charge in [-0.05, 0) is 51.7 Å². The molecule has 0 radical (unpaired) electrons. The molecule has 1 rings (SSSR count). The minimum absolute atomic E-state index is 0.783. The van der Waals surface area contributed by atoms with Crippen LogP contribution in [0.1, 0.15) is 91.4 Å². The Morgan fingerprint density at radius 3 is 1.90 bits per heavy atom. The Morgan fingerprint density at radius 2 is 1.43 bits per heavy atom. The van der Waals surface area contributed by atoms with E-state index in [0.29, 0.717) is 0 Å². The zero-order valence-corrected chi connectivity index (χ0v) is 15.0. The summed E-state index contributed by atoms with van der Waals surface area (Å²) < 4.78 is 0. The Bertz CT molecular complexity index is 212. The Kier molecular flexibility index (Phi) is 11.3. The van der Waals surface area contributed by atoms with Crippen LogP contribution in [-0.2, 0) is 0 Å². The van der Waals surface area contributed by atoms with Crippen molar-refractivity contribution in [2.45, 2.75) is 103 Å². The van der Waals surface area contributed by atoms with E-state index in [0.717, 1.165) is 12.1 Å². The van der Waals surface area contributed by atoms with Crippen molar-refractivity contribution in [3.05, 3.63) is 0 Å². The van der Waals surface area contributed by atoms with E-state index < -0.39 is 0 Å². The summed E-state index contributed by atoms with van der Waals surface area (Å²) in [6.07, 6.45) is 15.1. The highest BCUT2D eigenvalue weighted by Gasteiger charge is 2.20. The summed E-state index contributed by atoms with van der Waals surface area (Å²) in [5.74, 6) is 0. The van der Waals surface area contributed by atoms with Crippen molar-refractivity contribution in [2.75, 3.05) is 19.6 Å². The molecule has 0 amide bonds. The lowest BCUT2D eigenvalue weighted by atomic mass is 9.98. The number of hydrogen-bond donors (Lipinski definition) is 1. The Labute approximate surface area is 134 Å². The van der Waals surface area contributed by atoms with Crippen LogP contribution in [0, 0.1) is 0 Å². The lowest BCUT2D eigenvalue weighted by Crippen LogP contribution is -2.46. The molecule has 126 valence electrons. The summed E-state index contributed by atoms with van der Waals surface area (Å²) in [5, 5.41) is 4.01. The fraction of sp³-hybridized carbons (Fsp3) is 1.00. The highest BCUT2D eigenvalue weighted by Crippen LogP contribution is 2.16. The van der Waals surface area contributed by atoms with Gasteiger partial charge in [0.2, 0.25) is 0 Å². The molecule has 0 aromatic rings. The maximum Gasteiger partial charge on any atom is 0.00940 e. The van der Waals surface area contributed by atoms with Gasteiger partial charge in [-0.3, -0.25) is 0 Å². The summed E-state index contributed by atoms with van der Waals surface area (Å²) in [7, 11) is 0. The van der Waals surface area contributed by atoms with Gasteiger partial charge in [0, 0.05) is 12.1 Å². The van der Waals surface area contributed by atoms with Crippen LogP contribution in [0.2, 0.25) is 0 Å². The van der Waals surface area contributed by atoms with Gasteiger partial charge in [0.15, 0.2) is 0 Å². The normalized spacial score (nSPS) is 17.7. The Morgan fingerprint density at radius 1 is 0.857 bits per heavy atom. The molecule has 0 bridgehead atoms. The molecule has 2 heteroatoms. The first-order chi connectivity index (χ1) is 10.3. The lowest BCUT2D eigenvalue weighted by molar-refractivity contribution is 0.187. The first-order valence-electron chi connectivity index (χ1n) is 9.78. The second kappa shape index (κ2) is 12.5. The number of nitrogens with zero attached hydrogens (tertiary/aromatic N) is 1. The molecule has 1 aliphatic heterocycles. The summed E-state index contributed by atoms with van der Waals surface area (Å²) in [5.41, 5.74) is 0. The van der Waals surface area contributed by atoms with Gasteiger partial charge in [-0.15, -0.1) is 0 Å². The second-order valence-corrected chi connectivity index (χ2v) is 6.97. The van der Waals surface area contributed by atoms with E-state index in [1.807, 2.05) is 0 Å². The van der Waals surface area contributed by atoms with Gasteiger partial charge >= 0.3 is 0 Å². The van der Waals surface area contributed by atoms with Crippen LogP contribution in [0.15, 0.2) is 0 Å². The summed E-state index contributed by atoms with van der Waals surface area (Å²) in [6, 6.07) is 1.57. The van der Waals surface area contributed by atoms with Gasteiger partial charge < -0.3 is 10.2 Å². The maximum atomic E-state index is 4.01. The molecule has 1 aliphatic rings. The number of nitrogens with one attached hydrogen (secondary N) is 1. The molecular weight excluding hydrogens is 256 g/mol. The van der Waals surface area contributed by atoms with Gasteiger partial charge in [0.25, 0.3) is 0 Å². The van der Waals surface area contributed by atoms with Crippen molar-refractivity contribution in [3.63, 3.8) is 0 Å². The molecule has 0 aromatic heterocycles. The van der Waals surface area contributed by atoms with Gasteiger partial charge in [-0.1, -0.05) is 59.3 Å². The zero-order valence-electron chi connectivity index (χ0n) is 15.0. The number of unbranched alkanes of at least 4 members (excludes halogenated alkanes) is 4. The third kappa shape index (κ3) is 8.83. The molecule has 0 aromatic carbocycles. The molecule has 2 nitrogen and oxygen atoms in total. The van der Waals surface area contributed by atoms with E-state index in [-0.39, 0.29) is 0 Å². The van der Waals surface area contributed by atoms with Gasteiger partial charge in [-0.25, -0.2) is 0 Å². The molecule has 1 fully saturated rings. The summed E-state index contributed by atoms with van der Waals surface area (Å²) in [6.45, 7) is 10.8. The maximum absolute atomic E-state index is 4.01. The van der Waals surface area contributed by atoms with Crippen molar-refractivity contribution >= 4 is 0 Å². The lowest BCUT2D eigenvalue weighted by Gasteiger charge is -2.34. The van der Waals surface area contributed by atoms with Crippen LogP contribution in [0.25, 0.3) is 0 Å². The predicted molar refractivity (Wildman–Crippen MR) is 95.0 cm³/mol. The van der Waals surface area contributed by atoms with Crippen molar-refractivity contribution in [3.8, 4) is 0 Å². The number of rotatable bonds is 12. The molecule has 21 heavy (non-hydrogen) atoms. The van der Waals surface area contributed by atoms with Crippen LogP contribution in [0.4, 0.5) is 0 Å². The van der Waals surface area contributed by atoms with E-state index in [1.165, 1.54) is 90.3 Å². The predicted octanol–water partition coefficient (Wildman–Crippen LogP) is 4.98.